The van der Waals surface area contributed by atoms with Crippen LogP contribution in [0.1, 0.15) is 27.2 Å². The number of ether oxygens (including phenoxy) is 1. The lowest BCUT2D eigenvalue weighted by atomic mass is 10.1. The quantitative estimate of drug-likeness (QED) is 0.440. The maximum absolute atomic E-state index is 12.9. The van der Waals surface area contributed by atoms with Crippen molar-refractivity contribution in [1.29, 1.82) is 0 Å². The number of alkyl halides is 3. The van der Waals surface area contributed by atoms with Crippen molar-refractivity contribution in [3.8, 4) is 11.8 Å². The summed E-state index contributed by atoms with van der Waals surface area (Å²) in [4.78, 5) is 23.1. The smallest absolute Gasteiger partial charge is 0.378 e. The minimum absolute atomic E-state index is 0.0270. The van der Waals surface area contributed by atoms with Crippen LogP contribution in [-0.2, 0) is 10.9 Å². The number of hydrogen-bond acceptors (Lipinski definition) is 6. The number of carbonyl (C=O) groups is 1. The first-order valence-electron chi connectivity index (χ1n) is 11.0. The molecule has 1 aliphatic heterocycles. The number of nitrogens with zero attached hydrogens (tertiary/aromatic N) is 5. The summed E-state index contributed by atoms with van der Waals surface area (Å²) in [6.07, 6.45) is -0.0914. The van der Waals surface area contributed by atoms with E-state index in [1.54, 1.807) is 10.7 Å². The lowest BCUT2D eigenvalue weighted by Crippen LogP contribution is -2.37. The SMILES string of the molecule is O=C(Nc1cccc(C(F)(F)F)c1)c1cncc(C#Cc2cnc3ccc(N4CCOCC4)nn23)c1. The molecule has 0 radical (unpaired) electrons. The normalized spacial score (nSPS) is 13.8. The number of pyridine rings is 1. The summed E-state index contributed by atoms with van der Waals surface area (Å²) in [5.41, 5.74) is 0.981. The van der Waals surface area contributed by atoms with E-state index in [9.17, 15) is 18.0 Å². The van der Waals surface area contributed by atoms with Gasteiger partial charge < -0.3 is 15.0 Å². The molecule has 1 N–H and O–H groups in total. The Morgan fingerprint density at radius 2 is 1.86 bits per heavy atom. The highest BCUT2D eigenvalue weighted by atomic mass is 19.4. The molecule has 0 bridgehead atoms. The van der Waals surface area contributed by atoms with E-state index in [1.807, 2.05) is 12.1 Å². The first-order valence-corrected chi connectivity index (χ1v) is 11.0. The monoisotopic (exact) mass is 492 g/mol. The van der Waals surface area contributed by atoms with Gasteiger partial charge in [0.15, 0.2) is 5.65 Å². The van der Waals surface area contributed by atoms with Crippen LogP contribution < -0.4 is 10.2 Å². The van der Waals surface area contributed by atoms with E-state index < -0.39 is 17.6 Å². The van der Waals surface area contributed by atoms with Gasteiger partial charge in [-0.3, -0.25) is 9.78 Å². The summed E-state index contributed by atoms with van der Waals surface area (Å²) in [7, 11) is 0. The maximum Gasteiger partial charge on any atom is 0.416 e. The molecule has 1 amide bonds. The van der Waals surface area contributed by atoms with Crippen molar-refractivity contribution >= 4 is 23.1 Å². The van der Waals surface area contributed by atoms with Crippen molar-refractivity contribution in [2.75, 3.05) is 36.5 Å². The Morgan fingerprint density at radius 3 is 2.67 bits per heavy atom. The molecule has 0 saturated carbocycles. The van der Waals surface area contributed by atoms with E-state index in [4.69, 9.17) is 4.74 Å². The second kappa shape index (κ2) is 9.67. The molecule has 0 spiro atoms. The van der Waals surface area contributed by atoms with Gasteiger partial charge in [0.2, 0.25) is 0 Å². The largest absolute Gasteiger partial charge is 0.416 e. The molecule has 182 valence electrons. The van der Waals surface area contributed by atoms with E-state index in [1.165, 1.54) is 30.6 Å². The van der Waals surface area contributed by atoms with Gasteiger partial charge in [-0.1, -0.05) is 12.0 Å². The number of anilines is 2. The summed E-state index contributed by atoms with van der Waals surface area (Å²) >= 11 is 0. The zero-order valence-electron chi connectivity index (χ0n) is 18.8. The minimum atomic E-state index is -4.51. The predicted molar refractivity (Wildman–Crippen MR) is 126 cm³/mol. The molecule has 8 nitrogen and oxygen atoms in total. The molecule has 5 rings (SSSR count). The fourth-order valence-electron chi connectivity index (χ4n) is 3.66. The van der Waals surface area contributed by atoms with Crippen LogP contribution >= 0.6 is 0 Å². The summed E-state index contributed by atoms with van der Waals surface area (Å²) in [5.74, 6) is 6.15. The Hall–Kier alpha value is -4.43. The molecule has 1 saturated heterocycles. The Kier molecular flexibility index (Phi) is 6.26. The predicted octanol–water partition coefficient (Wildman–Crippen LogP) is 3.63. The number of halogens is 3. The van der Waals surface area contributed by atoms with E-state index in [0.717, 1.165) is 31.0 Å². The van der Waals surface area contributed by atoms with Crippen LogP contribution in [0.5, 0.6) is 0 Å². The van der Waals surface area contributed by atoms with Gasteiger partial charge in [0.1, 0.15) is 11.5 Å². The minimum Gasteiger partial charge on any atom is -0.378 e. The third-order valence-corrected chi connectivity index (χ3v) is 5.47. The van der Waals surface area contributed by atoms with Crippen LogP contribution in [-0.4, -0.2) is 51.8 Å². The van der Waals surface area contributed by atoms with Crippen molar-refractivity contribution in [2.45, 2.75) is 6.18 Å². The second-order valence-corrected chi connectivity index (χ2v) is 7.95. The fraction of sp³-hybridized carbons (Fsp3) is 0.200. The summed E-state index contributed by atoms with van der Waals surface area (Å²) < 4.78 is 45.9. The fourth-order valence-corrected chi connectivity index (χ4v) is 3.66. The third kappa shape index (κ3) is 5.13. The lowest BCUT2D eigenvalue weighted by molar-refractivity contribution is -0.137. The first kappa shape index (κ1) is 23.3. The molecular weight excluding hydrogens is 473 g/mol. The summed E-state index contributed by atoms with van der Waals surface area (Å²) in [6, 6.07) is 9.70. The van der Waals surface area contributed by atoms with Crippen molar-refractivity contribution in [1.82, 2.24) is 19.6 Å². The Morgan fingerprint density at radius 1 is 1.03 bits per heavy atom. The Bertz CT molecular complexity index is 1480. The molecule has 4 heterocycles. The van der Waals surface area contributed by atoms with Gasteiger partial charge in [0.05, 0.1) is 30.5 Å². The van der Waals surface area contributed by atoms with Crippen LogP contribution in [0.2, 0.25) is 0 Å². The van der Waals surface area contributed by atoms with Crippen LogP contribution in [0.4, 0.5) is 24.7 Å². The van der Waals surface area contributed by atoms with Crippen molar-refractivity contribution in [3.63, 3.8) is 0 Å². The number of amides is 1. The molecule has 1 fully saturated rings. The number of rotatable bonds is 3. The van der Waals surface area contributed by atoms with Crippen molar-refractivity contribution < 1.29 is 22.7 Å². The van der Waals surface area contributed by atoms with Gasteiger partial charge in [0.25, 0.3) is 5.91 Å². The van der Waals surface area contributed by atoms with Gasteiger partial charge >= 0.3 is 6.18 Å². The molecule has 36 heavy (non-hydrogen) atoms. The standard InChI is InChI=1S/C25H19F3N6O2/c26-25(27,28)19-2-1-3-20(13-19)31-24(35)18-12-17(14-29-15-18)4-5-21-16-30-22-6-7-23(32-34(21)22)33-8-10-36-11-9-33/h1-3,6-7,12-16H,8-11H2,(H,31,35). The molecular formula is C25H19F3N6O2. The average molecular weight is 492 g/mol. The number of aromatic nitrogens is 4. The third-order valence-electron chi connectivity index (χ3n) is 5.47. The number of morpholine rings is 1. The van der Waals surface area contributed by atoms with Crippen LogP contribution in [0.25, 0.3) is 5.65 Å². The number of hydrogen-bond donors (Lipinski definition) is 1. The topological polar surface area (TPSA) is 84.7 Å². The number of nitrogens with one attached hydrogen (secondary N) is 1. The summed E-state index contributed by atoms with van der Waals surface area (Å²) in [5, 5.41) is 7.11. The number of fused-ring (bicyclic) bond motifs is 1. The molecule has 1 aromatic carbocycles. The van der Waals surface area contributed by atoms with Crippen LogP contribution in [0.3, 0.4) is 0 Å². The Balaban J connectivity index is 1.35. The molecule has 3 aromatic heterocycles. The first-order chi connectivity index (χ1) is 17.4. The van der Waals surface area contributed by atoms with Crippen LogP contribution in [0, 0.1) is 11.8 Å². The van der Waals surface area contributed by atoms with Crippen molar-refractivity contribution in [2.24, 2.45) is 0 Å². The zero-order valence-corrected chi connectivity index (χ0v) is 18.8. The highest BCUT2D eigenvalue weighted by Gasteiger charge is 2.30. The lowest BCUT2D eigenvalue weighted by Gasteiger charge is -2.27. The molecule has 1 aliphatic rings. The highest BCUT2D eigenvalue weighted by molar-refractivity contribution is 6.04. The number of benzene rings is 1. The molecule has 11 heteroatoms. The van der Waals surface area contributed by atoms with Gasteiger partial charge in [-0.2, -0.15) is 13.2 Å². The van der Waals surface area contributed by atoms with Crippen molar-refractivity contribution in [3.05, 3.63) is 83.4 Å². The number of carbonyl (C=O) groups excluding carboxylic acids is 1. The summed E-state index contributed by atoms with van der Waals surface area (Å²) in [6.45, 7) is 2.77. The van der Waals surface area contributed by atoms with E-state index in [-0.39, 0.29) is 11.3 Å². The highest BCUT2D eigenvalue weighted by Crippen LogP contribution is 2.30. The molecule has 4 aromatic rings. The van der Waals surface area contributed by atoms with E-state index in [2.05, 4.69) is 37.1 Å². The Labute approximate surface area is 203 Å². The molecule has 0 aliphatic carbocycles. The maximum atomic E-state index is 12.9. The zero-order chi connectivity index (χ0) is 25.1. The second-order valence-electron chi connectivity index (χ2n) is 7.95. The van der Waals surface area contributed by atoms with Gasteiger partial charge in [0, 0.05) is 36.7 Å². The van der Waals surface area contributed by atoms with Gasteiger partial charge in [-0.25, -0.2) is 9.50 Å². The van der Waals surface area contributed by atoms with Crippen LogP contribution in [0.15, 0.2) is 61.1 Å². The molecule has 0 atom stereocenters. The number of imidazole rings is 1. The molecule has 0 unspecified atom stereocenters. The average Bonchev–Trinajstić information content (AvgIpc) is 3.30. The van der Waals surface area contributed by atoms with E-state index in [0.29, 0.717) is 30.1 Å². The van der Waals surface area contributed by atoms with Gasteiger partial charge in [-0.05, 0) is 42.3 Å². The van der Waals surface area contributed by atoms with Gasteiger partial charge in [-0.15, -0.1) is 5.10 Å². The van der Waals surface area contributed by atoms with E-state index >= 15 is 0 Å².